The fourth-order valence-electron chi connectivity index (χ4n) is 2.57. The normalized spacial score (nSPS) is 17.2. The summed E-state index contributed by atoms with van der Waals surface area (Å²) in [5.74, 6) is 0.608. The molecule has 1 fully saturated rings. The number of aryl methyl sites for hydroxylation is 1. The van der Waals surface area contributed by atoms with Crippen molar-refractivity contribution in [2.45, 2.75) is 49.3 Å². The lowest BCUT2D eigenvalue weighted by Crippen LogP contribution is -2.35. The number of nitrogens with one attached hydrogen (secondary N) is 1. The van der Waals surface area contributed by atoms with Gasteiger partial charge in [0.15, 0.2) is 5.76 Å². The van der Waals surface area contributed by atoms with Gasteiger partial charge in [0.05, 0.1) is 10.6 Å². The highest BCUT2D eigenvalue weighted by molar-refractivity contribution is 7.91. The van der Waals surface area contributed by atoms with Crippen LogP contribution in [-0.2, 0) is 10.0 Å². The van der Waals surface area contributed by atoms with E-state index in [9.17, 15) is 8.42 Å². The molecule has 2 heterocycles. The van der Waals surface area contributed by atoms with Crippen molar-refractivity contribution in [3.05, 3.63) is 23.9 Å². The summed E-state index contributed by atoms with van der Waals surface area (Å²) < 4.78 is 33.1. The van der Waals surface area contributed by atoms with Crippen LogP contribution in [0.25, 0.3) is 10.6 Å². The molecule has 1 N–H and O–H groups in total. The van der Waals surface area contributed by atoms with Gasteiger partial charge >= 0.3 is 0 Å². The van der Waals surface area contributed by atoms with E-state index in [0.717, 1.165) is 36.3 Å². The first-order valence-corrected chi connectivity index (χ1v) is 9.40. The largest absolute Gasteiger partial charge is 0.355 e. The zero-order valence-corrected chi connectivity index (χ0v) is 13.5. The highest BCUT2D eigenvalue weighted by Gasteiger charge is 2.23. The van der Waals surface area contributed by atoms with Gasteiger partial charge in [0, 0.05) is 12.1 Å². The summed E-state index contributed by atoms with van der Waals surface area (Å²) >= 11 is 1.21. The fourth-order valence-corrected chi connectivity index (χ4v) is 5.15. The lowest BCUT2D eigenvalue weighted by atomic mass is 9.96. The zero-order chi connectivity index (χ0) is 14.9. The Labute approximate surface area is 128 Å². The maximum absolute atomic E-state index is 12.4. The average Bonchev–Trinajstić information content (AvgIpc) is 3.08. The molecule has 0 atom stereocenters. The average molecular weight is 326 g/mol. The third-order valence-corrected chi connectivity index (χ3v) is 6.76. The number of hydrogen-bond donors (Lipinski definition) is 1. The first kappa shape index (κ1) is 14.7. The van der Waals surface area contributed by atoms with Crippen LogP contribution < -0.4 is 4.72 Å². The zero-order valence-electron chi connectivity index (χ0n) is 11.8. The number of hydrogen-bond acceptors (Lipinski definition) is 5. The van der Waals surface area contributed by atoms with Crippen molar-refractivity contribution in [2.24, 2.45) is 0 Å². The molecule has 0 spiro atoms. The molecule has 0 saturated heterocycles. The smallest absolute Gasteiger partial charge is 0.250 e. The molecular weight excluding hydrogens is 308 g/mol. The van der Waals surface area contributed by atoms with Gasteiger partial charge in [0.25, 0.3) is 0 Å². The maximum atomic E-state index is 12.4. The summed E-state index contributed by atoms with van der Waals surface area (Å²) in [5.41, 5.74) is 0.781. The number of sulfonamides is 1. The Hall–Kier alpha value is -1.18. The lowest BCUT2D eigenvalue weighted by Gasteiger charge is -2.22. The first-order valence-electron chi connectivity index (χ1n) is 7.10. The van der Waals surface area contributed by atoms with E-state index in [1.165, 1.54) is 17.8 Å². The van der Waals surface area contributed by atoms with Crippen LogP contribution in [0.2, 0.25) is 0 Å². The van der Waals surface area contributed by atoms with Gasteiger partial charge in [-0.2, -0.15) is 0 Å². The third-order valence-electron chi connectivity index (χ3n) is 3.64. The van der Waals surface area contributed by atoms with Crippen LogP contribution in [0.4, 0.5) is 0 Å². The Morgan fingerprint density at radius 2 is 2.05 bits per heavy atom. The van der Waals surface area contributed by atoms with Crippen molar-refractivity contribution < 1.29 is 12.9 Å². The van der Waals surface area contributed by atoms with Crippen LogP contribution in [0.3, 0.4) is 0 Å². The minimum absolute atomic E-state index is 0.0711. The first-order chi connectivity index (χ1) is 10.0. The van der Waals surface area contributed by atoms with Gasteiger partial charge in [-0.1, -0.05) is 24.4 Å². The molecular formula is C14H18N2O3S2. The molecule has 2 aromatic rings. The Bertz CT molecular complexity index is 712. The maximum Gasteiger partial charge on any atom is 0.250 e. The van der Waals surface area contributed by atoms with Crippen molar-refractivity contribution in [3.63, 3.8) is 0 Å². The van der Waals surface area contributed by atoms with Gasteiger partial charge in [-0.3, -0.25) is 0 Å². The predicted octanol–water partition coefficient (Wildman–Crippen LogP) is 3.32. The van der Waals surface area contributed by atoms with Gasteiger partial charge < -0.3 is 4.52 Å². The van der Waals surface area contributed by atoms with E-state index < -0.39 is 10.0 Å². The monoisotopic (exact) mass is 326 g/mol. The standard InChI is InChI=1S/C14H18N2O3S2/c1-10-9-12(19-15-10)13-7-8-14(20-13)21(17,18)16-11-5-3-2-4-6-11/h7-9,11,16H,2-6H2,1H3. The van der Waals surface area contributed by atoms with Gasteiger partial charge in [-0.05, 0) is 31.9 Å². The summed E-state index contributed by atoms with van der Waals surface area (Å²) in [6.45, 7) is 1.84. The van der Waals surface area contributed by atoms with E-state index in [0.29, 0.717) is 9.97 Å². The number of nitrogens with zero attached hydrogens (tertiary/aromatic N) is 1. The molecule has 1 aliphatic rings. The Morgan fingerprint density at radius 3 is 2.71 bits per heavy atom. The summed E-state index contributed by atoms with van der Waals surface area (Å²) in [7, 11) is -3.43. The van der Waals surface area contributed by atoms with E-state index >= 15 is 0 Å². The highest BCUT2D eigenvalue weighted by atomic mass is 32.2. The molecule has 0 bridgehead atoms. The molecule has 0 aliphatic heterocycles. The topological polar surface area (TPSA) is 72.2 Å². The second-order valence-corrected chi connectivity index (χ2v) is 8.43. The lowest BCUT2D eigenvalue weighted by molar-refractivity contribution is 0.412. The number of rotatable bonds is 4. The Balaban J connectivity index is 1.78. The van der Waals surface area contributed by atoms with Gasteiger partial charge in [0.1, 0.15) is 4.21 Å². The van der Waals surface area contributed by atoms with Gasteiger partial charge in [0.2, 0.25) is 10.0 Å². The summed E-state index contributed by atoms with van der Waals surface area (Å²) in [6.07, 6.45) is 5.25. The van der Waals surface area contributed by atoms with Gasteiger partial charge in [-0.15, -0.1) is 11.3 Å². The molecule has 2 aromatic heterocycles. The van der Waals surface area contributed by atoms with E-state index in [1.807, 2.05) is 6.92 Å². The molecule has 21 heavy (non-hydrogen) atoms. The van der Waals surface area contributed by atoms with Crippen LogP contribution >= 0.6 is 11.3 Å². The molecule has 1 aliphatic carbocycles. The van der Waals surface area contributed by atoms with Crippen LogP contribution in [-0.4, -0.2) is 19.6 Å². The quantitative estimate of drug-likeness (QED) is 0.935. The number of aromatic nitrogens is 1. The van der Waals surface area contributed by atoms with E-state index in [4.69, 9.17) is 4.52 Å². The van der Waals surface area contributed by atoms with Crippen molar-refractivity contribution in [1.82, 2.24) is 9.88 Å². The molecule has 1 saturated carbocycles. The number of thiophene rings is 1. The minimum Gasteiger partial charge on any atom is -0.355 e. The Kier molecular flexibility index (Phi) is 4.14. The van der Waals surface area contributed by atoms with Crippen molar-refractivity contribution in [2.75, 3.05) is 0 Å². The molecule has 7 heteroatoms. The van der Waals surface area contributed by atoms with E-state index in [1.54, 1.807) is 18.2 Å². The molecule has 114 valence electrons. The minimum atomic E-state index is -3.43. The molecule has 3 rings (SSSR count). The molecule has 0 amide bonds. The van der Waals surface area contributed by atoms with Crippen LogP contribution in [0, 0.1) is 6.92 Å². The SMILES string of the molecule is Cc1cc(-c2ccc(S(=O)(=O)NC3CCCCC3)s2)on1. The van der Waals surface area contributed by atoms with Crippen LogP contribution in [0.1, 0.15) is 37.8 Å². The van der Waals surface area contributed by atoms with Crippen molar-refractivity contribution in [3.8, 4) is 10.6 Å². The summed E-state index contributed by atoms with van der Waals surface area (Å²) in [6, 6.07) is 5.27. The molecule has 0 unspecified atom stereocenters. The summed E-state index contributed by atoms with van der Waals surface area (Å²) in [5, 5.41) is 3.82. The third kappa shape index (κ3) is 3.36. The molecule has 0 aromatic carbocycles. The van der Waals surface area contributed by atoms with Crippen molar-refractivity contribution >= 4 is 21.4 Å². The predicted molar refractivity (Wildman–Crippen MR) is 81.7 cm³/mol. The van der Waals surface area contributed by atoms with E-state index in [-0.39, 0.29) is 6.04 Å². The highest BCUT2D eigenvalue weighted by Crippen LogP contribution is 2.31. The molecule has 5 nitrogen and oxygen atoms in total. The second-order valence-electron chi connectivity index (χ2n) is 5.41. The van der Waals surface area contributed by atoms with E-state index in [2.05, 4.69) is 9.88 Å². The summed E-state index contributed by atoms with van der Waals surface area (Å²) in [4.78, 5) is 0.777. The van der Waals surface area contributed by atoms with Gasteiger partial charge in [-0.25, -0.2) is 13.1 Å². The van der Waals surface area contributed by atoms with Crippen molar-refractivity contribution in [1.29, 1.82) is 0 Å². The molecule has 0 radical (unpaired) electrons. The Morgan fingerprint density at radius 1 is 1.29 bits per heavy atom. The van der Waals surface area contributed by atoms with Crippen LogP contribution in [0.5, 0.6) is 0 Å². The second kappa shape index (κ2) is 5.90. The fraction of sp³-hybridized carbons (Fsp3) is 0.500. The van der Waals surface area contributed by atoms with Crippen LogP contribution in [0.15, 0.2) is 26.9 Å².